The third kappa shape index (κ3) is 5.99. The quantitative estimate of drug-likeness (QED) is 0.716. The Bertz CT molecular complexity index is 148. The Labute approximate surface area is 96.8 Å². The SMILES string of the molecule is CC(C)N(CCCO)CC(C)(C)CBr. The standard InChI is InChI=1S/C11H24BrNO/c1-10(2)13(6-5-7-14)9-11(3,4)8-12/h10,14H,5-9H2,1-4H3. The van der Waals surface area contributed by atoms with Gasteiger partial charge in [0.2, 0.25) is 0 Å². The maximum absolute atomic E-state index is 8.82. The Kier molecular flexibility index (Phi) is 7.00. The monoisotopic (exact) mass is 265 g/mol. The Morgan fingerprint density at radius 3 is 2.29 bits per heavy atom. The first kappa shape index (κ1) is 14.4. The van der Waals surface area contributed by atoms with Gasteiger partial charge in [-0.1, -0.05) is 29.8 Å². The lowest BCUT2D eigenvalue weighted by Crippen LogP contribution is -2.40. The zero-order valence-corrected chi connectivity index (χ0v) is 11.5. The normalized spacial score (nSPS) is 12.9. The van der Waals surface area contributed by atoms with Gasteiger partial charge in [0.25, 0.3) is 0 Å². The van der Waals surface area contributed by atoms with Gasteiger partial charge in [0, 0.05) is 31.1 Å². The van der Waals surface area contributed by atoms with Crippen molar-refractivity contribution in [2.24, 2.45) is 5.41 Å². The lowest BCUT2D eigenvalue weighted by atomic mass is 9.95. The van der Waals surface area contributed by atoms with Crippen molar-refractivity contribution in [1.82, 2.24) is 4.90 Å². The number of halogens is 1. The molecule has 0 radical (unpaired) electrons. The number of alkyl halides is 1. The van der Waals surface area contributed by atoms with Crippen LogP contribution in [0, 0.1) is 5.41 Å². The van der Waals surface area contributed by atoms with Crippen LogP contribution in [0.5, 0.6) is 0 Å². The fourth-order valence-corrected chi connectivity index (χ4v) is 1.56. The van der Waals surface area contributed by atoms with Gasteiger partial charge in [-0.15, -0.1) is 0 Å². The van der Waals surface area contributed by atoms with Crippen LogP contribution >= 0.6 is 15.9 Å². The van der Waals surface area contributed by atoms with Crippen LogP contribution in [0.4, 0.5) is 0 Å². The molecule has 0 atom stereocenters. The fraction of sp³-hybridized carbons (Fsp3) is 1.00. The highest BCUT2D eigenvalue weighted by Crippen LogP contribution is 2.21. The van der Waals surface area contributed by atoms with Gasteiger partial charge >= 0.3 is 0 Å². The predicted molar refractivity (Wildman–Crippen MR) is 66.0 cm³/mol. The molecular weight excluding hydrogens is 242 g/mol. The molecule has 0 aliphatic heterocycles. The van der Waals surface area contributed by atoms with Gasteiger partial charge in [0.1, 0.15) is 0 Å². The molecule has 1 N–H and O–H groups in total. The summed E-state index contributed by atoms with van der Waals surface area (Å²) in [7, 11) is 0. The minimum Gasteiger partial charge on any atom is -0.396 e. The van der Waals surface area contributed by atoms with E-state index in [9.17, 15) is 0 Å². The number of nitrogens with zero attached hydrogens (tertiary/aromatic N) is 1. The molecule has 0 saturated heterocycles. The maximum atomic E-state index is 8.82. The lowest BCUT2D eigenvalue weighted by Gasteiger charge is -2.34. The van der Waals surface area contributed by atoms with E-state index < -0.39 is 0 Å². The largest absolute Gasteiger partial charge is 0.396 e. The van der Waals surface area contributed by atoms with Crippen LogP contribution in [0.1, 0.15) is 34.1 Å². The molecule has 3 heteroatoms. The Morgan fingerprint density at radius 1 is 1.36 bits per heavy atom. The fourth-order valence-electron chi connectivity index (χ4n) is 1.39. The molecule has 0 rings (SSSR count). The van der Waals surface area contributed by atoms with Crippen molar-refractivity contribution in [2.75, 3.05) is 25.0 Å². The summed E-state index contributed by atoms with van der Waals surface area (Å²) in [6.45, 7) is 11.3. The second kappa shape index (κ2) is 6.81. The Balaban J connectivity index is 4.08. The minimum atomic E-state index is 0.290. The number of aliphatic hydroxyl groups is 1. The Hall–Kier alpha value is 0.400. The van der Waals surface area contributed by atoms with Crippen LogP contribution in [0.3, 0.4) is 0 Å². The van der Waals surface area contributed by atoms with E-state index in [-0.39, 0.29) is 6.61 Å². The molecule has 0 aliphatic rings. The van der Waals surface area contributed by atoms with E-state index >= 15 is 0 Å². The van der Waals surface area contributed by atoms with Gasteiger partial charge in [-0.3, -0.25) is 0 Å². The van der Waals surface area contributed by atoms with E-state index in [2.05, 4.69) is 48.5 Å². The molecule has 0 heterocycles. The maximum Gasteiger partial charge on any atom is 0.0443 e. The van der Waals surface area contributed by atoms with Crippen LogP contribution in [0.15, 0.2) is 0 Å². The van der Waals surface area contributed by atoms with Crippen LogP contribution < -0.4 is 0 Å². The molecule has 0 fully saturated rings. The van der Waals surface area contributed by atoms with Gasteiger partial charge < -0.3 is 10.0 Å². The zero-order chi connectivity index (χ0) is 11.2. The highest BCUT2D eigenvalue weighted by Gasteiger charge is 2.21. The summed E-state index contributed by atoms with van der Waals surface area (Å²) in [6.07, 6.45) is 0.872. The summed E-state index contributed by atoms with van der Waals surface area (Å²) in [5.74, 6) is 0. The predicted octanol–water partition coefficient (Wildman–Crippen LogP) is 2.50. The molecule has 0 aromatic carbocycles. The number of aliphatic hydroxyl groups excluding tert-OH is 1. The van der Waals surface area contributed by atoms with Gasteiger partial charge in [0.05, 0.1) is 0 Å². The van der Waals surface area contributed by atoms with Gasteiger partial charge in [0.15, 0.2) is 0 Å². The number of rotatable bonds is 7. The molecule has 0 aliphatic carbocycles. The van der Waals surface area contributed by atoms with Gasteiger partial charge in [-0.05, 0) is 25.7 Å². The molecule has 2 nitrogen and oxygen atoms in total. The van der Waals surface area contributed by atoms with Crippen LogP contribution in [0.25, 0.3) is 0 Å². The third-order valence-corrected chi connectivity index (χ3v) is 3.84. The van der Waals surface area contributed by atoms with E-state index in [0.717, 1.165) is 24.8 Å². The molecule has 0 unspecified atom stereocenters. The van der Waals surface area contributed by atoms with Gasteiger partial charge in [-0.25, -0.2) is 0 Å². The van der Waals surface area contributed by atoms with Crippen molar-refractivity contribution in [3.05, 3.63) is 0 Å². The summed E-state index contributed by atoms with van der Waals surface area (Å²) in [5, 5.41) is 9.83. The van der Waals surface area contributed by atoms with Crippen molar-refractivity contribution in [2.45, 2.75) is 40.2 Å². The summed E-state index contributed by atoms with van der Waals surface area (Å²) >= 11 is 3.54. The molecule has 0 bridgehead atoms. The Morgan fingerprint density at radius 2 is 1.93 bits per heavy atom. The first-order valence-corrected chi connectivity index (χ1v) is 6.46. The molecule has 0 saturated carbocycles. The molecule has 0 spiro atoms. The minimum absolute atomic E-state index is 0.290. The average molecular weight is 266 g/mol. The second-order valence-electron chi connectivity index (χ2n) is 4.94. The van der Waals surface area contributed by atoms with Crippen molar-refractivity contribution in [1.29, 1.82) is 0 Å². The number of hydrogen-bond donors (Lipinski definition) is 1. The van der Waals surface area contributed by atoms with Crippen molar-refractivity contribution < 1.29 is 5.11 Å². The molecule has 0 aromatic rings. The first-order chi connectivity index (χ1) is 6.43. The zero-order valence-electron chi connectivity index (χ0n) is 9.89. The summed E-state index contributed by atoms with van der Waals surface area (Å²) in [6, 6.07) is 0.555. The summed E-state index contributed by atoms with van der Waals surface area (Å²) in [5.41, 5.74) is 0.305. The average Bonchev–Trinajstić information content (AvgIpc) is 2.12. The number of hydrogen-bond acceptors (Lipinski definition) is 2. The van der Waals surface area contributed by atoms with E-state index in [4.69, 9.17) is 5.11 Å². The first-order valence-electron chi connectivity index (χ1n) is 5.34. The van der Waals surface area contributed by atoms with E-state index in [1.165, 1.54) is 0 Å². The summed E-state index contributed by atoms with van der Waals surface area (Å²) < 4.78 is 0. The van der Waals surface area contributed by atoms with E-state index in [1.807, 2.05) is 0 Å². The van der Waals surface area contributed by atoms with Crippen LogP contribution in [-0.4, -0.2) is 41.1 Å². The van der Waals surface area contributed by atoms with Crippen LogP contribution in [-0.2, 0) is 0 Å². The lowest BCUT2D eigenvalue weighted by molar-refractivity contribution is 0.144. The molecule has 0 aromatic heterocycles. The van der Waals surface area contributed by atoms with Gasteiger partial charge in [-0.2, -0.15) is 0 Å². The highest BCUT2D eigenvalue weighted by atomic mass is 79.9. The topological polar surface area (TPSA) is 23.5 Å². The van der Waals surface area contributed by atoms with E-state index in [1.54, 1.807) is 0 Å². The summed E-state index contributed by atoms with van der Waals surface area (Å²) in [4.78, 5) is 2.43. The van der Waals surface area contributed by atoms with Crippen molar-refractivity contribution in [3.63, 3.8) is 0 Å². The smallest absolute Gasteiger partial charge is 0.0443 e. The third-order valence-electron chi connectivity index (χ3n) is 2.33. The molecular formula is C11H24BrNO. The van der Waals surface area contributed by atoms with E-state index in [0.29, 0.717) is 11.5 Å². The van der Waals surface area contributed by atoms with Crippen molar-refractivity contribution >= 4 is 15.9 Å². The highest BCUT2D eigenvalue weighted by molar-refractivity contribution is 9.09. The molecule has 86 valence electrons. The molecule has 0 amide bonds. The van der Waals surface area contributed by atoms with Crippen LogP contribution in [0.2, 0.25) is 0 Å². The second-order valence-corrected chi connectivity index (χ2v) is 5.50. The van der Waals surface area contributed by atoms with Crippen molar-refractivity contribution in [3.8, 4) is 0 Å². The molecule has 14 heavy (non-hydrogen) atoms.